The number of amides is 2. The van der Waals surface area contributed by atoms with Gasteiger partial charge in [-0.1, -0.05) is 17.7 Å². The zero-order valence-corrected chi connectivity index (χ0v) is 17.1. The highest BCUT2D eigenvalue weighted by Crippen LogP contribution is 2.22. The Morgan fingerprint density at radius 3 is 2.64 bits per heavy atom. The molecule has 1 fully saturated rings. The highest BCUT2D eigenvalue weighted by atomic mass is 16.2. The van der Waals surface area contributed by atoms with E-state index in [9.17, 15) is 9.59 Å². The number of benzene rings is 1. The SMILES string of the molecule is Cc1cc(C)c(NC(=O)CN(C)C(=O)c2ccn(C3CCCNC3)n2)c(C)c1. The van der Waals surface area contributed by atoms with E-state index >= 15 is 0 Å². The summed E-state index contributed by atoms with van der Waals surface area (Å²) >= 11 is 0. The molecule has 1 saturated heterocycles. The topological polar surface area (TPSA) is 79.3 Å². The van der Waals surface area contributed by atoms with Crippen LogP contribution in [0, 0.1) is 20.8 Å². The molecule has 7 nitrogen and oxygen atoms in total. The summed E-state index contributed by atoms with van der Waals surface area (Å²) < 4.78 is 1.85. The van der Waals surface area contributed by atoms with Gasteiger partial charge < -0.3 is 15.5 Å². The first-order valence-electron chi connectivity index (χ1n) is 9.74. The lowest BCUT2D eigenvalue weighted by Gasteiger charge is -2.23. The smallest absolute Gasteiger partial charge is 0.274 e. The van der Waals surface area contributed by atoms with Gasteiger partial charge in [0.05, 0.1) is 12.6 Å². The fourth-order valence-electron chi connectivity index (χ4n) is 3.75. The van der Waals surface area contributed by atoms with Crippen LogP contribution in [0.5, 0.6) is 0 Å². The lowest BCUT2D eigenvalue weighted by molar-refractivity contribution is -0.116. The van der Waals surface area contributed by atoms with Crippen molar-refractivity contribution in [1.29, 1.82) is 0 Å². The van der Waals surface area contributed by atoms with E-state index in [-0.39, 0.29) is 24.4 Å². The molecule has 0 spiro atoms. The Labute approximate surface area is 166 Å². The van der Waals surface area contributed by atoms with Gasteiger partial charge >= 0.3 is 0 Å². The molecule has 0 aliphatic carbocycles. The first-order chi connectivity index (χ1) is 13.3. The van der Waals surface area contributed by atoms with Crippen molar-refractivity contribution < 1.29 is 9.59 Å². The Morgan fingerprint density at radius 2 is 2.00 bits per heavy atom. The number of carbonyl (C=O) groups is 2. The molecule has 150 valence electrons. The first-order valence-corrected chi connectivity index (χ1v) is 9.74. The number of nitrogens with zero attached hydrogens (tertiary/aromatic N) is 3. The van der Waals surface area contributed by atoms with Gasteiger partial charge in [0, 0.05) is 25.5 Å². The molecular formula is C21H29N5O2. The molecule has 2 amide bonds. The molecule has 7 heteroatoms. The average Bonchev–Trinajstić information content (AvgIpc) is 3.15. The van der Waals surface area contributed by atoms with E-state index in [2.05, 4.69) is 15.7 Å². The predicted molar refractivity (Wildman–Crippen MR) is 110 cm³/mol. The molecule has 2 aromatic rings. The third kappa shape index (κ3) is 4.59. The number of rotatable bonds is 5. The molecule has 1 aliphatic heterocycles. The number of anilines is 1. The molecule has 0 saturated carbocycles. The van der Waals surface area contributed by atoms with Gasteiger partial charge in [-0.25, -0.2) is 0 Å². The minimum Gasteiger partial charge on any atom is -0.331 e. The molecule has 1 atom stereocenters. The Kier molecular flexibility index (Phi) is 6.14. The van der Waals surface area contributed by atoms with Gasteiger partial charge in [-0.15, -0.1) is 0 Å². The predicted octanol–water partition coefficient (Wildman–Crippen LogP) is 2.44. The Balaban J connectivity index is 1.61. The van der Waals surface area contributed by atoms with Crippen LogP contribution in [-0.4, -0.2) is 53.2 Å². The van der Waals surface area contributed by atoms with Crippen LogP contribution < -0.4 is 10.6 Å². The molecule has 3 rings (SSSR count). The number of aryl methyl sites for hydroxylation is 3. The summed E-state index contributed by atoms with van der Waals surface area (Å²) in [5.74, 6) is -0.475. The molecule has 1 unspecified atom stereocenters. The fourth-order valence-corrected chi connectivity index (χ4v) is 3.75. The van der Waals surface area contributed by atoms with Crippen molar-refractivity contribution in [1.82, 2.24) is 20.0 Å². The number of carbonyl (C=O) groups excluding carboxylic acids is 2. The van der Waals surface area contributed by atoms with Crippen LogP contribution in [0.25, 0.3) is 0 Å². The van der Waals surface area contributed by atoms with Crippen LogP contribution in [0.15, 0.2) is 24.4 Å². The van der Waals surface area contributed by atoms with Crippen LogP contribution >= 0.6 is 0 Å². The zero-order valence-electron chi connectivity index (χ0n) is 17.1. The Hall–Kier alpha value is -2.67. The number of nitrogens with one attached hydrogen (secondary N) is 2. The summed E-state index contributed by atoms with van der Waals surface area (Å²) in [5.41, 5.74) is 4.36. The van der Waals surface area contributed by atoms with Crippen molar-refractivity contribution in [2.75, 3.05) is 32.0 Å². The summed E-state index contributed by atoms with van der Waals surface area (Å²) in [4.78, 5) is 26.5. The lowest BCUT2D eigenvalue weighted by Crippen LogP contribution is -2.36. The molecule has 0 radical (unpaired) electrons. The lowest BCUT2D eigenvalue weighted by atomic mass is 10.1. The standard InChI is InChI=1S/C21H29N5O2/c1-14-10-15(2)20(16(3)11-14)23-19(27)13-25(4)21(28)18-7-9-26(24-18)17-6-5-8-22-12-17/h7,9-11,17,22H,5-6,8,12-13H2,1-4H3,(H,23,27). The van der Waals surface area contributed by atoms with Gasteiger partial charge in [-0.3, -0.25) is 14.3 Å². The van der Waals surface area contributed by atoms with E-state index < -0.39 is 0 Å². The van der Waals surface area contributed by atoms with Crippen molar-refractivity contribution in [3.05, 3.63) is 46.8 Å². The van der Waals surface area contributed by atoms with Crippen molar-refractivity contribution in [3.63, 3.8) is 0 Å². The summed E-state index contributed by atoms with van der Waals surface area (Å²) in [5, 5.41) is 10.7. The van der Waals surface area contributed by atoms with Gasteiger partial charge in [-0.2, -0.15) is 5.10 Å². The van der Waals surface area contributed by atoms with E-state index in [1.807, 2.05) is 43.8 Å². The second-order valence-corrected chi connectivity index (χ2v) is 7.66. The van der Waals surface area contributed by atoms with Crippen LogP contribution in [0.3, 0.4) is 0 Å². The molecule has 1 aliphatic rings. The zero-order chi connectivity index (χ0) is 20.3. The fraction of sp³-hybridized carbons (Fsp3) is 0.476. The number of likely N-dealkylation sites (N-methyl/N-ethyl adjacent to an activating group) is 1. The van der Waals surface area contributed by atoms with Gasteiger partial charge in [0.15, 0.2) is 0 Å². The molecular weight excluding hydrogens is 354 g/mol. The van der Waals surface area contributed by atoms with E-state index in [0.717, 1.165) is 48.3 Å². The van der Waals surface area contributed by atoms with E-state index in [0.29, 0.717) is 5.69 Å². The Bertz CT molecular complexity index is 844. The van der Waals surface area contributed by atoms with Gasteiger partial charge in [0.25, 0.3) is 5.91 Å². The molecule has 28 heavy (non-hydrogen) atoms. The summed E-state index contributed by atoms with van der Waals surface area (Å²) in [6, 6.07) is 6.06. The number of aromatic nitrogens is 2. The molecule has 2 N–H and O–H groups in total. The summed E-state index contributed by atoms with van der Waals surface area (Å²) in [6.07, 6.45) is 4.00. The van der Waals surface area contributed by atoms with E-state index in [1.54, 1.807) is 13.1 Å². The number of piperidine rings is 1. The van der Waals surface area contributed by atoms with Crippen molar-refractivity contribution >= 4 is 17.5 Å². The third-order valence-corrected chi connectivity index (χ3v) is 5.14. The van der Waals surface area contributed by atoms with Crippen molar-refractivity contribution in [3.8, 4) is 0 Å². The first kappa shape index (κ1) is 20.1. The summed E-state index contributed by atoms with van der Waals surface area (Å²) in [7, 11) is 1.62. The largest absolute Gasteiger partial charge is 0.331 e. The molecule has 0 bridgehead atoms. The van der Waals surface area contributed by atoms with Crippen LogP contribution in [0.1, 0.15) is 46.1 Å². The third-order valence-electron chi connectivity index (χ3n) is 5.14. The van der Waals surface area contributed by atoms with Gasteiger partial charge in [0.2, 0.25) is 5.91 Å². The van der Waals surface area contributed by atoms with Crippen LogP contribution in [0.2, 0.25) is 0 Å². The van der Waals surface area contributed by atoms with E-state index in [1.165, 1.54) is 4.90 Å². The maximum atomic E-state index is 12.7. The quantitative estimate of drug-likeness (QED) is 0.831. The van der Waals surface area contributed by atoms with Crippen molar-refractivity contribution in [2.45, 2.75) is 39.7 Å². The maximum Gasteiger partial charge on any atom is 0.274 e. The summed E-state index contributed by atoms with van der Waals surface area (Å²) in [6.45, 7) is 7.84. The monoisotopic (exact) mass is 383 g/mol. The normalized spacial score (nSPS) is 16.6. The molecule has 1 aromatic heterocycles. The number of hydrogen-bond acceptors (Lipinski definition) is 4. The van der Waals surface area contributed by atoms with Crippen LogP contribution in [-0.2, 0) is 4.79 Å². The van der Waals surface area contributed by atoms with Crippen molar-refractivity contribution in [2.24, 2.45) is 0 Å². The van der Waals surface area contributed by atoms with E-state index in [4.69, 9.17) is 0 Å². The number of hydrogen-bond donors (Lipinski definition) is 2. The van der Waals surface area contributed by atoms with Gasteiger partial charge in [-0.05, 0) is 57.4 Å². The molecule has 2 heterocycles. The average molecular weight is 383 g/mol. The highest BCUT2D eigenvalue weighted by molar-refractivity contribution is 5.98. The highest BCUT2D eigenvalue weighted by Gasteiger charge is 2.21. The second kappa shape index (κ2) is 8.56. The minimum atomic E-state index is -0.255. The van der Waals surface area contributed by atoms with Crippen LogP contribution in [0.4, 0.5) is 5.69 Å². The second-order valence-electron chi connectivity index (χ2n) is 7.66. The minimum absolute atomic E-state index is 0.0244. The Morgan fingerprint density at radius 1 is 1.29 bits per heavy atom. The molecule has 1 aromatic carbocycles. The maximum absolute atomic E-state index is 12.7. The van der Waals surface area contributed by atoms with Gasteiger partial charge in [0.1, 0.15) is 5.69 Å².